The summed E-state index contributed by atoms with van der Waals surface area (Å²) in [6.07, 6.45) is 5.01. The van der Waals surface area contributed by atoms with Crippen LogP contribution in [0.2, 0.25) is 0 Å². The highest BCUT2D eigenvalue weighted by Gasteiger charge is 2.33. The molecule has 0 saturated carbocycles. The van der Waals surface area contributed by atoms with E-state index in [1.54, 1.807) is 57.8 Å². The monoisotopic (exact) mass is 398 g/mol. The first-order chi connectivity index (χ1) is 14.0. The van der Waals surface area contributed by atoms with Gasteiger partial charge in [-0.3, -0.25) is 14.7 Å². The van der Waals surface area contributed by atoms with Gasteiger partial charge in [-0.1, -0.05) is 0 Å². The molecule has 0 unspecified atom stereocenters. The minimum Gasteiger partial charge on any atom is -0.507 e. The number of aryl methyl sites for hydroxylation is 1. The fraction of sp³-hybridized carbons (Fsp3) is 0.364. The molecule has 7 heteroatoms. The van der Waals surface area contributed by atoms with Gasteiger partial charge in [-0.15, -0.1) is 0 Å². The minimum atomic E-state index is -0.184. The second-order valence-electron chi connectivity index (χ2n) is 6.88. The Morgan fingerprint density at radius 1 is 1.17 bits per heavy atom. The van der Waals surface area contributed by atoms with Crippen LogP contribution in [-0.4, -0.2) is 61.3 Å². The number of phenolic OH excluding ortho intramolecular Hbond substituents is 1. The zero-order valence-electron chi connectivity index (χ0n) is 17.0. The maximum atomic E-state index is 13.0. The number of benzene rings is 1. The van der Waals surface area contributed by atoms with Crippen LogP contribution in [0.25, 0.3) is 6.08 Å². The Bertz CT molecular complexity index is 888. The van der Waals surface area contributed by atoms with Crippen molar-refractivity contribution >= 4 is 11.9 Å². The number of allylic oxidation sites excluding steroid dienone is 1. The Morgan fingerprint density at radius 3 is 2.45 bits per heavy atom. The lowest BCUT2D eigenvalue weighted by molar-refractivity contribution is 0.101. The first kappa shape index (κ1) is 21.0. The third-order valence-electron chi connectivity index (χ3n) is 4.83. The fourth-order valence-corrected chi connectivity index (χ4v) is 3.28. The molecule has 3 rings (SSSR count). The summed E-state index contributed by atoms with van der Waals surface area (Å²) in [4.78, 5) is 19.1. The smallest absolute Gasteiger partial charge is 0.232 e. The molecule has 2 aromatic rings. The molecule has 154 valence electrons. The lowest BCUT2D eigenvalue weighted by Crippen LogP contribution is -2.30. The molecule has 0 aliphatic carbocycles. The summed E-state index contributed by atoms with van der Waals surface area (Å²) in [7, 11) is 3.29. The van der Waals surface area contributed by atoms with Gasteiger partial charge in [0.1, 0.15) is 11.5 Å². The van der Waals surface area contributed by atoms with Crippen molar-refractivity contribution in [3.63, 3.8) is 0 Å². The lowest BCUT2D eigenvalue weighted by Gasteiger charge is -2.23. The molecule has 0 amide bonds. The number of carbonyl (C=O) groups excluding carboxylic acids is 1. The number of aromatic nitrogens is 1. The van der Waals surface area contributed by atoms with E-state index in [2.05, 4.69) is 9.88 Å². The van der Waals surface area contributed by atoms with Gasteiger partial charge in [0.05, 0.1) is 24.3 Å². The second-order valence-corrected chi connectivity index (χ2v) is 6.88. The number of rotatable bonds is 9. The van der Waals surface area contributed by atoms with Crippen LogP contribution in [0.3, 0.4) is 0 Å². The largest absolute Gasteiger partial charge is 0.507 e. The predicted molar refractivity (Wildman–Crippen MR) is 109 cm³/mol. The molecule has 7 nitrogen and oxygen atoms in total. The Morgan fingerprint density at radius 2 is 1.83 bits per heavy atom. The number of ether oxygens (including phenoxy) is 3. The minimum absolute atomic E-state index is 0.110. The van der Waals surface area contributed by atoms with Gasteiger partial charge in [-0.25, -0.2) is 0 Å². The number of ketones is 1. The molecule has 29 heavy (non-hydrogen) atoms. The van der Waals surface area contributed by atoms with Crippen LogP contribution < -0.4 is 4.74 Å². The first-order valence-corrected chi connectivity index (χ1v) is 9.45. The van der Waals surface area contributed by atoms with Crippen molar-refractivity contribution < 1.29 is 24.1 Å². The van der Waals surface area contributed by atoms with E-state index in [1.165, 1.54) is 0 Å². The van der Waals surface area contributed by atoms with Crippen molar-refractivity contribution in [2.24, 2.45) is 0 Å². The fourth-order valence-electron chi connectivity index (χ4n) is 3.28. The topological polar surface area (TPSA) is 81.1 Å². The van der Waals surface area contributed by atoms with Crippen molar-refractivity contribution in [1.29, 1.82) is 0 Å². The van der Waals surface area contributed by atoms with Crippen molar-refractivity contribution in [3.05, 3.63) is 58.6 Å². The van der Waals surface area contributed by atoms with E-state index < -0.39 is 0 Å². The number of phenols is 1. The number of nitrogens with zero attached hydrogens (tertiary/aromatic N) is 2. The van der Waals surface area contributed by atoms with Crippen molar-refractivity contribution in [2.75, 3.05) is 40.5 Å². The van der Waals surface area contributed by atoms with Crippen LogP contribution in [0.4, 0.5) is 0 Å². The van der Waals surface area contributed by atoms with Crippen molar-refractivity contribution in [2.45, 2.75) is 13.5 Å². The SMILES string of the molecule is COCCN(CCOC)Cc1c(O)cc(C)c2c1O/C(=C/c1ccncc1)C2=O. The van der Waals surface area contributed by atoms with Gasteiger partial charge in [0, 0.05) is 46.2 Å². The average Bonchev–Trinajstić information content (AvgIpc) is 3.04. The average molecular weight is 398 g/mol. The molecule has 0 atom stereocenters. The van der Waals surface area contributed by atoms with Gasteiger partial charge in [0.25, 0.3) is 0 Å². The number of Topliss-reactive ketones (excluding diaryl/α,β-unsaturated/α-hetero) is 1. The summed E-state index contributed by atoms with van der Waals surface area (Å²) in [5, 5.41) is 10.6. The zero-order chi connectivity index (χ0) is 20.8. The first-order valence-electron chi connectivity index (χ1n) is 9.45. The van der Waals surface area contributed by atoms with Gasteiger partial charge < -0.3 is 19.3 Å². The normalized spacial score (nSPS) is 14.5. The van der Waals surface area contributed by atoms with Crippen LogP contribution >= 0.6 is 0 Å². The molecule has 1 aromatic carbocycles. The molecule has 1 aliphatic rings. The van der Waals surface area contributed by atoms with Gasteiger partial charge >= 0.3 is 0 Å². The highest BCUT2D eigenvalue weighted by Crippen LogP contribution is 2.42. The van der Waals surface area contributed by atoms with Crippen molar-refractivity contribution in [3.8, 4) is 11.5 Å². The maximum absolute atomic E-state index is 13.0. The Labute approximate surface area is 170 Å². The molecule has 0 fully saturated rings. The lowest BCUT2D eigenvalue weighted by atomic mass is 9.99. The van der Waals surface area contributed by atoms with E-state index in [-0.39, 0.29) is 17.3 Å². The van der Waals surface area contributed by atoms with E-state index in [9.17, 15) is 9.90 Å². The number of carbonyl (C=O) groups is 1. The van der Waals surface area contributed by atoms with Crippen LogP contribution in [0.1, 0.15) is 27.0 Å². The summed E-state index contributed by atoms with van der Waals surface area (Å²) in [6.45, 7) is 4.63. The number of aromatic hydroxyl groups is 1. The molecule has 0 saturated heterocycles. The molecule has 1 aromatic heterocycles. The van der Waals surface area contributed by atoms with Crippen LogP contribution in [-0.2, 0) is 16.0 Å². The quantitative estimate of drug-likeness (QED) is 0.651. The number of methoxy groups -OCH3 is 2. The van der Waals surface area contributed by atoms with Gasteiger partial charge in [0.2, 0.25) is 5.78 Å². The third kappa shape index (κ3) is 4.82. The van der Waals surface area contributed by atoms with E-state index in [0.29, 0.717) is 55.3 Å². The second kappa shape index (κ2) is 9.65. The van der Waals surface area contributed by atoms with E-state index in [4.69, 9.17) is 14.2 Å². The number of fused-ring (bicyclic) bond motifs is 1. The van der Waals surface area contributed by atoms with Crippen LogP contribution in [0.5, 0.6) is 11.5 Å². The summed E-state index contributed by atoms with van der Waals surface area (Å²) < 4.78 is 16.3. The van der Waals surface area contributed by atoms with Gasteiger partial charge in [-0.05, 0) is 42.3 Å². The van der Waals surface area contributed by atoms with E-state index in [0.717, 1.165) is 5.56 Å². The Balaban J connectivity index is 1.94. The predicted octanol–water partition coefficient (Wildman–Crippen LogP) is 2.81. The summed E-state index contributed by atoms with van der Waals surface area (Å²) >= 11 is 0. The van der Waals surface area contributed by atoms with E-state index in [1.807, 2.05) is 0 Å². The Hall–Kier alpha value is -2.74. The summed E-state index contributed by atoms with van der Waals surface area (Å²) in [5.41, 5.74) is 2.59. The van der Waals surface area contributed by atoms with Crippen LogP contribution in [0, 0.1) is 6.92 Å². The summed E-state index contributed by atoms with van der Waals surface area (Å²) in [6, 6.07) is 5.22. The molecule has 0 spiro atoms. The molecular weight excluding hydrogens is 372 g/mol. The number of pyridine rings is 1. The molecule has 0 bridgehead atoms. The standard InChI is InChI=1S/C22H26N2O5/c1-15-12-18(25)17(14-24(8-10-27-2)9-11-28-3)22-20(15)21(26)19(29-22)13-16-4-6-23-7-5-16/h4-7,12-13,25H,8-11,14H2,1-3H3/b19-13+. The maximum Gasteiger partial charge on any atom is 0.232 e. The Kier molecular flexibility index (Phi) is 6.98. The number of hydrogen-bond donors (Lipinski definition) is 1. The van der Waals surface area contributed by atoms with E-state index >= 15 is 0 Å². The number of hydrogen-bond acceptors (Lipinski definition) is 7. The van der Waals surface area contributed by atoms with Crippen molar-refractivity contribution in [1.82, 2.24) is 9.88 Å². The highest BCUT2D eigenvalue weighted by molar-refractivity contribution is 6.15. The van der Waals surface area contributed by atoms with Gasteiger partial charge in [0.15, 0.2) is 5.76 Å². The molecule has 1 aliphatic heterocycles. The molecule has 1 N–H and O–H groups in total. The van der Waals surface area contributed by atoms with Crippen LogP contribution in [0.15, 0.2) is 36.4 Å². The van der Waals surface area contributed by atoms with Gasteiger partial charge in [-0.2, -0.15) is 0 Å². The third-order valence-corrected chi connectivity index (χ3v) is 4.83. The molecule has 0 radical (unpaired) electrons. The molecular formula is C22H26N2O5. The zero-order valence-corrected chi connectivity index (χ0v) is 17.0. The molecule has 2 heterocycles. The summed E-state index contributed by atoms with van der Waals surface area (Å²) in [5.74, 6) is 0.587. The highest BCUT2D eigenvalue weighted by atomic mass is 16.5.